The third kappa shape index (κ3) is 7.14. The van der Waals surface area contributed by atoms with Crippen LogP contribution >= 0.6 is 15.9 Å². The van der Waals surface area contributed by atoms with E-state index in [0.29, 0.717) is 5.57 Å². The minimum absolute atomic E-state index is 0.303. The Morgan fingerprint density at radius 3 is 2.27 bits per heavy atom. The number of carbonyl (C=O) groups is 1. The average Bonchev–Trinajstić information content (AvgIpc) is 2.10. The second kappa shape index (κ2) is 5.91. The first kappa shape index (κ1) is 14.2. The monoisotopic (exact) mass is 272 g/mol. The van der Waals surface area contributed by atoms with E-state index in [1.54, 1.807) is 25.2 Å². The van der Waals surface area contributed by atoms with Crippen molar-refractivity contribution in [3.8, 4) is 0 Å². The maximum absolute atomic E-state index is 11.5. The molecule has 0 radical (unpaired) electrons. The maximum atomic E-state index is 11.5. The van der Waals surface area contributed by atoms with E-state index in [4.69, 9.17) is 4.74 Å². The van der Waals surface area contributed by atoms with Gasteiger partial charge in [0.05, 0.1) is 0 Å². The van der Waals surface area contributed by atoms with Crippen molar-refractivity contribution in [3.05, 3.63) is 34.9 Å². The molecule has 0 aliphatic carbocycles. The van der Waals surface area contributed by atoms with E-state index in [-0.39, 0.29) is 5.97 Å². The van der Waals surface area contributed by atoms with E-state index in [9.17, 15) is 4.79 Å². The Hall–Kier alpha value is -0.830. The fourth-order valence-corrected chi connectivity index (χ4v) is 0.831. The van der Waals surface area contributed by atoms with Gasteiger partial charge in [-0.3, -0.25) is 0 Å². The van der Waals surface area contributed by atoms with Crippen LogP contribution in [0.4, 0.5) is 0 Å². The highest BCUT2D eigenvalue weighted by Crippen LogP contribution is 2.12. The molecule has 0 unspecified atom stereocenters. The van der Waals surface area contributed by atoms with Crippen LogP contribution in [0, 0.1) is 0 Å². The number of esters is 1. The number of halogens is 1. The van der Waals surface area contributed by atoms with E-state index in [2.05, 4.69) is 22.5 Å². The van der Waals surface area contributed by atoms with Gasteiger partial charge in [0.1, 0.15) is 5.60 Å². The lowest BCUT2D eigenvalue weighted by molar-refractivity contribution is -0.149. The van der Waals surface area contributed by atoms with Gasteiger partial charge in [-0.2, -0.15) is 0 Å². The summed E-state index contributed by atoms with van der Waals surface area (Å²) in [5, 5.41) is 0. The lowest BCUT2D eigenvalue weighted by Crippen LogP contribution is -2.24. The van der Waals surface area contributed by atoms with Crippen LogP contribution in [0.3, 0.4) is 0 Å². The second-order valence-corrected chi connectivity index (χ2v) is 5.02. The average molecular weight is 273 g/mol. The summed E-state index contributed by atoms with van der Waals surface area (Å²) in [5.74, 6) is -0.303. The highest BCUT2D eigenvalue weighted by molar-refractivity contribution is 9.11. The summed E-state index contributed by atoms with van der Waals surface area (Å²) in [7, 11) is 0. The van der Waals surface area contributed by atoms with E-state index in [1.807, 2.05) is 20.8 Å². The zero-order chi connectivity index (χ0) is 12.1. The summed E-state index contributed by atoms with van der Waals surface area (Å²) in [6.45, 7) is 10.8. The molecule has 2 nitrogen and oxygen atoms in total. The van der Waals surface area contributed by atoms with Crippen molar-refractivity contribution >= 4 is 21.9 Å². The molecule has 0 amide bonds. The van der Waals surface area contributed by atoms with Gasteiger partial charge in [0.25, 0.3) is 0 Å². The topological polar surface area (TPSA) is 26.3 Å². The van der Waals surface area contributed by atoms with Crippen molar-refractivity contribution in [1.82, 2.24) is 0 Å². The highest BCUT2D eigenvalue weighted by Gasteiger charge is 2.16. The number of ether oxygens (including phenoxy) is 1. The van der Waals surface area contributed by atoms with Crippen LogP contribution in [0.1, 0.15) is 27.7 Å². The first-order valence-corrected chi connectivity index (χ1v) is 5.45. The van der Waals surface area contributed by atoms with Crippen LogP contribution in [0.25, 0.3) is 0 Å². The number of hydrogen-bond acceptors (Lipinski definition) is 2. The molecule has 0 saturated carbocycles. The molecular formula is C12H17BrO2. The van der Waals surface area contributed by atoms with Gasteiger partial charge in [0, 0.05) is 10.1 Å². The van der Waals surface area contributed by atoms with Gasteiger partial charge in [0.2, 0.25) is 0 Å². The van der Waals surface area contributed by atoms with Crippen LogP contribution < -0.4 is 0 Å². The van der Waals surface area contributed by atoms with Crippen LogP contribution in [-0.4, -0.2) is 11.6 Å². The van der Waals surface area contributed by atoms with Crippen molar-refractivity contribution in [2.45, 2.75) is 33.3 Å². The van der Waals surface area contributed by atoms with Crippen molar-refractivity contribution < 1.29 is 9.53 Å². The molecule has 0 heterocycles. The largest absolute Gasteiger partial charge is 0.457 e. The molecular weight excluding hydrogens is 256 g/mol. The second-order valence-electron chi connectivity index (χ2n) is 4.11. The number of carbonyl (C=O) groups excluding carboxylic acids is 1. The zero-order valence-corrected chi connectivity index (χ0v) is 11.2. The molecule has 0 spiro atoms. The molecule has 0 saturated heterocycles. The summed E-state index contributed by atoms with van der Waals surface area (Å²) >= 11 is 3.26. The Morgan fingerprint density at radius 2 is 1.87 bits per heavy atom. The Kier molecular flexibility index (Phi) is 5.58. The van der Waals surface area contributed by atoms with Gasteiger partial charge in [-0.1, -0.05) is 34.7 Å². The molecule has 0 atom stereocenters. The van der Waals surface area contributed by atoms with Gasteiger partial charge in [-0.05, 0) is 33.8 Å². The lowest BCUT2D eigenvalue weighted by atomic mass is 10.2. The van der Waals surface area contributed by atoms with Gasteiger partial charge >= 0.3 is 5.97 Å². The minimum Gasteiger partial charge on any atom is -0.457 e. The van der Waals surface area contributed by atoms with Crippen LogP contribution in [0.2, 0.25) is 0 Å². The van der Waals surface area contributed by atoms with Crippen molar-refractivity contribution in [1.29, 1.82) is 0 Å². The molecule has 0 aromatic heterocycles. The van der Waals surface area contributed by atoms with E-state index in [0.717, 1.165) is 4.48 Å². The molecule has 0 bridgehead atoms. The van der Waals surface area contributed by atoms with Gasteiger partial charge < -0.3 is 4.74 Å². The van der Waals surface area contributed by atoms with Gasteiger partial charge in [0.15, 0.2) is 0 Å². The molecule has 0 aliphatic heterocycles. The van der Waals surface area contributed by atoms with Crippen molar-refractivity contribution in [3.63, 3.8) is 0 Å². The molecule has 0 fully saturated rings. The first-order valence-electron chi connectivity index (χ1n) is 4.66. The fourth-order valence-electron chi connectivity index (χ4n) is 0.699. The molecule has 0 aliphatic rings. The Bertz CT molecular complexity index is 306. The summed E-state index contributed by atoms with van der Waals surface area (Å²) in [6.07, 6.45) is 5.10. The standard InChI is InChI=1S/C12H17BrO2/c1-6-10(13)8-7-9(2)11(14)15-12(3,4)5/h6-8H,1H2,2-5H3/b9-7+,10-8+. The van der Waals surface area contributed by atoms with Crippen molar-refractivity contribution in [2.24, 2.45) is 0 Å². The summed E-state index contributed by atoms with van der Waals surface area (Å²) in [5.41, 5.74) is 0.106. The van der Waals surface area contributed by atoms with E-state index in [1.165, 1.54) is 0 Å². The quantitative estimate of drug-likeness (QED) is 0.445. The molecule has 0 aromatic carbocycles. The number of hydrogen-bond donors (Lipinski definition) is 0. The summed E-state index contributed by atoms with van der Waals surface area (Å²) < 4.78 is 6.01. The van der Waals surface area contributed by atoms with E-state index >= 15 is 0 Å². The van der Waals surface area contributed by atoms with Gasteiger partial charge in [-0.25, -0.2) is 4.79 Å². The van der Waals surface area contributed by atoms with Gasteiger partial charge in [-0.15, -0.1) is 0 Å². The van der Waals surface area contributed by atoms with E-state index < -0.39 is 5.60 Å². The molecule has 84 valence electrons. The van der Waals surface area contributed by atoms with Crippen LogP contribution in [0.5, 0.6) is 0 Å². The molecule has 15 heavy (non-hydrogen) atoms. The van der Waals surface area contributed by atoms with Crippen molar-refractivity contribution in [2.75, 3.05) is 0 Å². The normalized spacial score (nSPS) is 13.7. The Labute approximate surface area is 99.8 Å². The minimum atomic E-state index is -0.453. The number of rotatable bonds is 3. The smallest absolute Gasteiger partial charge is 0.334 e. The van der Waals surface area contributed by atoms with Crippen LogP contribution in [-0.2, 0) is 9.53 Å². The zero-order valence-electron chi connectivity index (χ0n) is 9.63. The number of allylic oxidation sites excluding steroid dienone is 4. The maximum Gasteiger partial charge on any atom is 0.334 e. The summed E-state index contributed by atoms with van der Waals surface area (Å²) in [4.78, 5) is 11.5. The Morgan fingerprint density at radius 1 is 1.33 bits per heavy atom. The fraction of sp³-hybridized carbons (Fsp3) is 0.417. The SMILES string of the molecule is C=C/C(Br)=C\C=C(/C)C(=O)OC(C)(C)C. The highest BCUT2D eigenvalue weighted by atomic mass is 79.9. The predicted octanol–water partition coefficient (Wildman–Crippen LogP) is 3.74. The summed E-state index contributed by atoms with van der Waals surface area (Å²) in [6, 6.07) is 0. The molecule has 0 aromatic rings. The first-order chi connectivity index (χ1) is 6.76. The predicted molar refractivity (Wildman–Crippen MR) is 66.8 cm³/mol. The molecule has 3 heteroatoms. The lowest BCUT2D eigenvalue weighted by Gasteiger charge is -2.19. The third-order valence-corrected chi connectivity index (χ3v) is 2.00. The Balaban J connectivity index is 4.52. The third-order valence-electron chi connectivity index (χ3n) is 1.41. The van der Waals surface area contributed by atoms with Crippen LogP contribution in [0.15, 0.2) is 34.9 Å². The molecule has 0 rings (SSSR count). The molecule has 0 N–H and O–H groups in total.